The van der Waals surface area contributed by atoms with Crippen LogP contribution in [0.5, 0.6) is 0 Å². The molecule has 0 amide bonds. The minimum Gasteiger partial charge on any atom is -0.298 e. The quantitative estimate of drug-likeness (QED) is 0.508. The zero-order valence-corrected chi connectivity index (χ0v) is 5.51. The number of halogens is 1. The molecule has 3 heteroatoms. The first kappa shape index (κ1) is 7.20. The summed E-state index contributed by atoms with van der Waals surface area (Å²) >= 11 is 0. The highest BCUT2D eigenvalue weighted by Crippen LogP contribution is 2.22. The van der Waals surface area contributed by atoms with Crippen LogP contribution in [0.4, 0.5) is 4.39 Å². The Morgan fingerprint density at radius 3 is 2.90 bits per heavy atom. The van der Waals surface area contributed by atoms with Crippen LogP contribution in [-0.2, 0) is 4.79 Å². The van der Waals surface area contributed by atoms with Gasteiger partial charge in [0.25, 0.3) is 0 Å². The van der Waals surface area contributed by atoms with Crippen LogP contribution in [0, 0.1) is 17.2 Å². The highest BCUT2D eigenvalue weighted by Gasteiger charge is 2.27. The van der Waals surface area contributed by atoms with Crippen LogP contribution in [0.3, 0.4) is 0 Å². The summed E-state index contributed by atoms with van der Waals surface area (Å²) in [6.45, 7) is 0. The van der Waals surface area contributed by atoms with Gasteiger partial charge in [0, 0.05) is 12.8 Å². The van der Waals surface area contributed by atoms with Crippen LogP contribution in [0.1, 0.15) is 19.3 Å². The molecular formula is C7H8FNO. The Hall–Kier alpha value is -0.910. The van der Waals surface area contributed by atoms with Crippen molar-refractivity contribution in [1.82, 2.24) is 0 Å². The molecule has 0 bridgehead atoms. The highest BCUT2D eigenvalue weighted by molar-refractivity contribution is 5.84. The van der Waals surface area contributed by atoms with Gasteiger partial charge in [0.05, 0.1) is 6.07 Å². The molecule has 0 aromatic rings. The van der Waals surface area contributed by atoms with E-state index < -0.39 is 12.1 Å². The molecule has 2 unspecified atom stereocenters. The summed E-state index contributed by atoms with van der Waals surface area (Å²) in [6, 6.07) is 1.79. The molecule has 2 atom stereocenters. The second-order valence-corrected chi connectivity index (χ2v) is 2.52. The Labute approximate surface area is 58.6 Å². The van der Waals surface area contributed by atoms with Crippen LogP contribution in [0.25, 0.3) is 0 Å². The lowest BCUT2D eigenvalue weighted by molar-refractivity contribution is -0.123. The van der Waals surface area contributed by atoms with Gasteiger partial charge in [0.15, 0.2) is 0 Å². The fourth-order valence-corrected chi connectivity index (χ4v) is 1.10. The lowest BCUT2D eigenvalue weighted by Crippen LogP contribution is -2.24. The fraction of sp³-hybridized carbons (Fsp3) is 0.714. The van der Waals surface area contributed by atoms with Crippen molar-refractivity contribution in [3.05, 3.63) is 0 Å². The molecule has 0 spiro atoms. The van der Waals surface area contributed by atoms with Crippen LogP contribution >= 0.6 is 0 Å². The topological polar surface area (TPSA) is 40.9 Å². The van der Waals surface area contributed by atoms with Gasteiger partial charge in [-0.1, -0.05) is 0 Å². The number of nitriles is 1. The van der Waals surface area contributed by atoms with Gasteiger partial charge in [0.2, 0.25) is 0 Å². The maximum absolute atomic E-state index is 12.5. The molecule has 0 aromatic heterocycles. The molecule has 0 radical (unpaired) electrons. The number of hydrogen-bond acceptors (Lipinski definition) is 2. The summed E-state index contributed by atoms with van der Waals surface area (Å²) in [5.74, 6) is -0.778. The number of rotatable bonds is 0. The van der Waals surface area contributed by atoms with Crippen molar-refractivity contribution in [2.75, 3.05) is 0 Å². The Balaban J connectivity index is 2.56. The molecule has 10 heavy (non-hydrogen) atoms. The van der Waals surface area contributed by atoms with Gasteiger partial charge in [-0.3, -0.25) is 4.79 Å². The van der Waals surface area contributed by atoms with E-state index in [-0.39, 0.29) is 18.6 Å². The van der Waals surface area contributed by atoms with Gasteiger partial charge in [-0.15, -0.1) is 0 Å². The standard InChI is InChI=1S/C7H8FNO/c8-6-1-2-7(10)5(3-6)4-9/h5-6H,1-3H2. The van der Waals surface area contributed by atoms with Gasteiger partial charge in [-0.05, 0) is 6.42 Å². The molecular weight excluding hydrogens is 133 g/mol. The van der Waals surface area contributed by atoms with E-state index in [2.05, 4.69) is 0 Å². The Kier molecular flexibility index (Phi) is 2.00. The number of carbonyl (C=O) groups is 1. The number of nitrogens with zero attached hydrogens (tertiary/aromatic N) is 1. The van der Waals surface area contributed by atoms with E-state index in [0.29, 0.717) is 6.42 Å². The maximum Gasteiger partial charge on any atom is 0.150 e. The third-order valence-corrected chi connectivity index (χ3v) is 1.74. The van der Waals surface area contributed by atoms with Crippen molar-refractivity contribution in [3.63, 3.8) is 0 Å². The minimum atomic E-state index is -0.942. The first-order chi connectivity index (χ1) is 4.74. The Bertz CT molecular complexity index is 185. The number of Topliss-reactive ketones (excluding diaryl/α,β-unsaturated/α-hetero) is 1. The molecule has 1 fully saturated rings. The highest BCUT2D eigenvalue weighted by atomic mass is 19.1. The number of ketones is 1. The van der Waals surface area contributed by atoms with Gasteiger partial charge in [-0.2, -0.15) is 5.26 Å². The van der Waals surface area contributed by atoms with E-state index in [1.807, 2.05) is 0 Å². The van der Waals surface area contributed by atoms with Crippen LogP contribution in [-0.4, -0.2) is 12.0 Å². The molecule has 0 aromatic carbocycles. The number of carbonyl (C=O) groups excluding carboxylic acids is 1. The van der Waals surface area contributed by atoms with E-state index in [1.165, 1.54) is 0 Å². The molecule has 0 N–H and O–H groups in total. The van der Waals surface area contributed by atoms with Crippen molar-refractivity contribution in [2.45, 2.75) is 25.4 Å². The predicted molar refractivity (Wildman–Crippen MR) is 32.9 cm³/mol. The fourth-order valence-electron chi connectivity index (χ4n) is 1.10. The van der Waals surface area contributed by atoms with Gasteiger partial charge < -0.3 is 0 Å². The van der Waals surface area contributed by atoms with Crippen molar-refractivity contribution in [3.8, 4) is 6.07 Å². The van der Waals surface area contributed by atoms with Crippen molar-refractivity contribution < 1.29 is 9.18 Å². The predicted octanol–water partition coefficient (Wildman–Crippen LogP) is 1.22. The average molecular weight is 141 g/mol. The molecule has 1 rings (SSSR count). The Morgan fingerprint density at radius 2 is 2.40 bits per heavy atom. The van der Waals surface area contributed by atoms with Gasteiger partial charge in [0.1, 0.15) is 17.9 Å². The van der Waals surface area contributed by atoms with E-state index in [9.17, 15) is 9.18 Å². The van der Waals surface area contributed by atoms with Crippen molar-refractivity contribution >= 4 is 5.78 Å². The van der Waals surface area contributed by atoms with E-state index in [1.54, 1.807) is 6.07 Å². The smallest absolute Gasteiger partial charge is 0.150 e. The van der Waals surface area contributed by atoms with Gasteiger partial charge in [-0.25, -0.2) is 4.39 Å². The zero-order chi connectivity index (χ0) is 7.56. The van der Waals surface area contributed by atoms with Crippen LogP contribution < -0.4 is 0 Å². The van der Waals surface area contributed by atoms with Crippen LogP contribution in [0.2, 0.25) is 0 Å². The largest absolute Gasteiger partial charge is 0.298 e. The summed E-state index contributed by atoms with van der Waals surface area (Å²) in [6.07, 6.45) is -0.298. The minimum absolute atomic E-state index is 0.101. The summed E-state index contributed by atoms with van der Waals surface area (Å²) in [4.78, 5) is 10.8. The Morgan fingerprint density at radius 1 is 1.70 bits per heavy atom. The molecule has 0 saturated heterocycles. The molecule has 1 aliphatic rings. The average Bonchev–Trinajstić information content (AvgIpc) is 1.94. The first-order valence-corrected chi connectivity index (χ1v) is 3.30. The molecule has 54 valence electrons. The SMILES string of the molecule is N#CC1CC(F)CCC1=O. The van der Waals surface area contributed by atoms with Gasteiger partial charge >= 0.3 is 0 Å². The third-order valence-electron chi connectivity index (χ3n) is 1.74. The summed E-state index contributed by atoms with van der Waals surface area (Å²) < 4.78 is 12.5. The normalized spacial score (nSPS) is 33.4. The zero-order valence-electron chi connectivity index (χ0n) is 5.51. The molecule has 0 aliphatic heterocycles. The molecule has 2 nitrogen and oxygen atoms in total. The van der Waals surface area contributed by atoms with E-state index >= 15 is 0 Å². The van der Waals surface area contributed by atoms with E-state index in [4.69, 9.17) is 5.26 Å². The van der Waals surface area contributed by atoms with E-state index in [0.717, 1.165) is 0 Å². The summed E-state index contributed by atoms with van der Waals surface area (Å²) in [5.41, 5.74) is 0. The molecule has 1 aliphatic carbocycles. The second-order valence-electron chi connectivity index (χ2n) is 2.52. The summed E-state index contributed by atoms with van der Waals surface area (Å²) in [5, 5.41) is 8.34. The first-order valence-electron chi connectivity index (χ1n) is 3.30. The lowest BCUT2D eigenvalue weighted by atomic mass is 9.88. The summed E-state index contributed by atoms with van der Waals surface area (Å²) in [7, 11) is 0. The molecule has 0 heterocycles. The van der Waals surface area contributed by atoms with Crippen molar-refractivity contribution in [1.29, 1.82) is 5.26 Å². The second kappa shape index (κ2) is 2.78. The third kappa shape index (κ3) is 1.32. The number of alkyl halides is 1. The maximum atomic E-state index is 12.5. The molecule has 1 saturated carbocycles. The number of hydrogen-bond donors (Lipinski definition) is 0. The lowest BCUT2D eigenvalue weighted by Gasteiger charge is -2.17. The van der Waals surface area contributed by atoms with Crippen LogP contribution in [0.15, 0.2) is 0 Å². The van der Waals surface area contributed by atoms with Crippen molar-refractivity contribution in [2.24, 2.45) is 5.92 Å². The monoisotopic (exact) mass is 141 g/mol.